The fraction of sp³-hybridized carbons (Fsp3) is 1.00. The summed E-state index contributed by atoms with van der Waals surface area (Å²) < 4.78 is 35.6. The third kappa shape index (κ3) is 11.3. The van der Waals surface area contributed by atoms with Crippen molar-refractivity contribution < 1.29 is 69.4 Å². The van der Waals surface area contributed by atoms with E-state index in [1.165, 1.54) is 4.90 Å². The molecule has 0 saturated carbocycles. The number of aliphatic hydroxyl groups is 1. The summed E-state index contributed by atoms with van der Waals surface area (Å²) in [6, 6.07) is 0. The van der Waals surface area contributed by atoms with Gasteiger partial charge in [-0.05, 0) is 26.0 Å². The average molecular weight is 223 g/mol. The van der Waals surface area contributed by atoms with Crippen molar-refractivity contribution in [2.24, 2.45) is 0 Å². The zero-order valence-electron chi connectivity index (χ0n) is 8.14. The summed E-state index contributed by atoms with van der Waals surface area (Å²) in [5, 5.41) is 8.41. The molecule has 0 aromatic heterocycles. The average Bonchev–Trinajstić information content (AvgIpc) is 1.95. The molecule has 0 amide bonds. The van der Waals surface area contributed by atoms with Gasteiger partial charge in [0.1, 0.15) is 0 Å². The Labute approximate surface area is 119 Å². The molecular formula is C6H14BF3KNO. The first-order valence-electron chi connectivity index (χ1n) is 4.03. The van der Waals surface area contributed by atoms with Crippen LogP contribution in [0.4, 0.5) is 12.9 Å². The SMILES string of the molecule is CCN(CCCO)C[B-](F)(F)F.[K+]. The molecule has 1 N–H and O–H groups in total. The van der Waals surface area contributed by atoms with Crippen LogP contribution in [-0.4, -0.2) is 43.1 Å². The van der Waals surface area contributed by atoms with E-state index >= 15 is 0 Å². The molecule has 0 rings (SSSR count). The number of hydrogen-bond donors (Lipinski definition) is 1. The molecule has 13 heavy (non-hydrogen) atoms. The molecule has 0 unspecified atom stereocenters. The van der Waals surface area contributed by atoms with Gasteiger partial charge in [0.2, 0.25) is 0 Å². The van der Waals surface area contributed by atoms with Crippen molar-refractivity contribution in [1.82, 2.24) is 4.90 Å². The second kappa shape index (κ2) is 8.70. The topological polar surface area (TPSA) is 23.5 Å². The molecule has 0 spiro atoms. The Morgan fingerprint density at radius 1 is 1.31 bits per heavy atom. The third-order valence-electron chi connectivity index (χ3n) is 1.54. The summed E-state index contributed by atoms with van der Waals surface area (Å²) in [7, 11) is 0. The molecule has 7 heteroatoms. The molecule has 0 fully saturated rings. The molecule has 0 aliphatic heterocycles. The largest absolute Gasteiger partial charge is 1.00 e. The molecule has 0 aliphatic carbocycles. The molecule has 0 aromatic rings. The van der Waals surface area contributed by atoms with E-state index in [4.69, 9.17) is 5.11 Å². The van der Waals surface area contributed by atoms with E-state index in [9.17, 15) is 12.9 Å². The van der Waals surface area contributed by atoms with Gasteiger partial charge in [-0.25, -0.2) is 0 Å². The van der Waals surface area contributed by atoms with Crippen LogP contribution in [0.5, 0.6) is 0 Å². The van der Waals surface area contributed by atoms with Crippen molar-refractivity contribution in [2.75, 3.05) is 26.1 Å². The number of halogens is 3. The van der Waals surface area contributed by atoms with Crippen LogP contribution in [0.15, 0.2) is 0 Å². The monoisotopic (exact) mass is 223 g/mol. The molecule has 2 nitrogen and oxygen atoms in total. The summed E-state index contributed by atoms with van der Waals surface area (Å²) in [6.07, 6.45) is -0.420. The Balaban J connectivity index is 0. The van der Waals surface area contributed by atoms with Gasteiger partial charge < -0.3 is 23.0 Å². The van der Waals surface area contributed by atoms with Crippen molar-refractivity contribution in [1.29, 1.82) is 0 Å². The molecule has 74 valence electrons. The Kier molecular flexibility index (Phi) is 11.3. The van der Waals surface area contributed by atoms with Crippen molar-refractivity contribution in [2.45, 2.75) is 13.3 Å². The molecule has 0 radical (unpaired) electrons. The van der Waals surface area contributed by atoms with E-state index < -0.39 is 13.4 Å². The minimum Gasteiger partial charge on any atom is -0.448 e. The maximum absolute atomic E-state index is 11.9. The number of nitrogens with zero attached hydrogens (tertiary/aromatic N) is 1. The van der Waals surface area contributed by atoms with Crippen molar-refractivity contribution in [3.8, 4) is 0 Å². The van der Waals surface area contributed by atoms with Gasteiger partial charge in [0.05, 0.1) is 0 Å². The molecule has 0 atom stereocenters. The predicted molar refractivity (Wildman–Crippen MR) is 42.9 cm³/mol. The van der Waals surface area contributed by atoms with Crippen LogP contribution in [0.2, 0.25) is 0 Å². The van der Waals surface area contributed by atoms with Crippen LogP contribution < -0.4 is 51.4 Å². The number of hydrogen-bond acceptors (Lipinski definition) is 2. The number of rotatable bonds is 6. The zero-order valence-corrected chi connectivity index (χ0v) is 11.3. The van der Waals surface area contributed by atoms with Gasteiger partial charge in [0.25, 0.3) is 0 Å². The van der Waals surface area contributed by atoms with Crippen molar-refractivity contribution in [3.63, 3.8) is 0 Å². The smallest absolute Gasteiger partial charge is 0.448 e. The van der Waals surface area contributed by atoms with E-state index in [0.29, 0.717) is 19.5 Å². The Morgan fingerprint density at radius 3 is 2.15 bits per heavy atom. The molecule has 0 saturated heterocycles. The van der Waals surface area contributed by atoms with Gasteiger partial charge in [-0.3, -0.25) is 0 Å². The maximum atomic E-state index is 11.9. The van der Waals surface area contributed by atoms with Crippen LogP contribution in [0.1, 0.15) is 13.3 Å². The zero-order chi connectivity index (χ0) is 9.61. The summed E-state index contributed by atoms with van der Waals surface area (Å²) in [6.45, 7) is -2.41. The van der Waals surface area contributed by atoms with Gasteiger partial charge in [-0.15, -0.1) is 0 Å². The second-order valence-corrected chi connectivity index (χ2v) is 2.68. The molecule has 0 bridgehead atoms. The van der Waals surface area contributed by atoms with E-state index in [2.05, 4.69) is 0 Å². The summed E-state index contributed by atoms with van der Waals surface area (Å²) in [4.78, 5) is 1.29. The minimum atomic E-state index is -4.72. The van der Waals surface area contributed by atoms with Gasteiger partial charge in [-0.2, -0.15) is 0 Å². The first kappa shape index (κ1) is 16.8. The van der Waals surface area contributed by atoms with Crippen molar-refractivity contribution in [3.05, 3.63) is 0 Å². The van der Waals surface area contributed by atoms with Gasteiger partial charge in [0, 0.05) is 6.61 Å². The normalized spacial score (nSPS) is 11.5. The summed E-state index contributed by atoms with van der Waals surface area (Å²) in [5.41, 5.74) is 0. The fourth-order valence-corrected chi connectivity index (χ4v) is 0.966. The first-order chi connectivity index (χ1) is 5.49. The Hall–Kier alpha value is 1.41. The first-order valence-corrected chi connectivity index (χ1v) is 4.03. The third-order valence-corrected chi connectivity index (χ3v) is 1.54. The molecule has 0 aliphatic rings. The van der Waals surface area contributed by atoms with E-state index in [1.54, 1.807) is 6.92 Å². The van der Waals surface area contributed by atoms with Crippen LogP contribution in [0.25, 0.3) is 0 Å². The van der Waals surface area contributed by atoms with Crippen LogP contribution in [-0.2, 0) is 0 Å². The summed E-state index contributed by atoms with van der Waals surface area (Å²) in [5.74, 6) is 0. The Bertz CT molecular complexity index is 125. The van der Waals surface area contributed by atoms with E-state index in [-0.39, 0.29) is 58.0 Å². The van der Waals surface area contributed by atoms with E-state index in [0.717, 1.165) is 0 Å². The minimum absolute atomic E-state index is 0. The quantitative estimate of drug-likeness (QED) is 0.531. The molecule has 0 heterocycles. The standard InChI is InChI=1S/C6H14BF3NO.K/c1-2-11(4-3-5-12)6-7(8,9)10;/h12H,2-6H2,1H3;/q-1;+1. The van der Waals surface area contributed by atoms with Crippen LogP contribution in [0, 0.1) is 0 Å². The van der Waals surface area contributed by atoms with Crippen LogP contribution in [0.3, 0.4) is 0 Å². The van der Waals surface area contributed by atoms with E-state index in [1.807, 2.05) is 0 Å². The van der Waals surface area contributed by atoms with Crippen molar-refractivity contribution >= 4 is 6.98 Å². The predicted octanol–water partition coefficient (Wildman–Crippen LogP) is -1.92. The summed E-state index contributed by atoms with van der Waals surface area (Å²) >= 11 is 0. The van der Waals surface area contributed by atoms with Gasteiger partial charge in [0.15, 0.2) is 0 Å². The fourth-order valence-electron chi connectivity index (χ4n) is 0.966. The Morgan fingerprint density at radius 2 is 1.85 bits per heavy atom. The molecular weight excluding hydrogens is 209 g/mol. The maximum Gasteiger partial charge on any atom is 1.00 e. The molecule has 0 aromatic carbocycles. The van der Waals surface area contributed by atoms with Gasteiger partial charge >= 0.3 is 58.4 Å². The van der Waals surface area contributed by atoms with Crippen LogP contribution >= 0.6 is 0 Å². The van der Waals surface area contributed by atoms with Gasteiger partial charge in [-0.1, -0.05) is 6.92 Å². The second-order valence-electron chi connectivity index (χ2n) is 2.68. The number of aliphatic hydroxyl groups excluding tert-OH is 1.